The molecule has 0 radical (unpaired) electrons. The Bertz CT molecular complexity index is 1700. The lowest BCUT2D eigenvalue weighted by Crippen LogP contribution is -2.31. The van der Waals surface area contributed by atoms with Crippen LogP contribution in [0.5, 0.6) is 0 Å². The Morgan fingerprint density at radius 1 is 0.875 bits per heavy atom. The number of halogens is 1. The van der Waals surface area contributed by atoms with Gasteiger partial charge in [-0.25, -0.2) is 9.37 Å². The fourth-order valence-corrected chi connectivity index (χ4v) is 5.30. The number of benzene rings is 4. The smallest absolute Gasteiger partial charge is 0.336 e. The van der Waals surface area contributed by atoms with Crippen LogP contribution >= 0.6 is 11.6 Å². The van der Waals surface area contributed by atoms with Gasteiger partial charge in [0.05, 0.1) is 22.3 Å². The SMILES string of the molecule is CCCC[N+](CCCC)=c1ccc2c(-c3ccccc3C(=O)O)c3cc(Nc4ccccc4Cl)ccc3oc-2c1. The van der Waals surface area contributed by atoms with Gasteiger partial charge in [-0.1, -0.05) is 68.6 Å². The Morgan fingerprint density at radius 3 is 2.33 bits per heavy atom. The summed E-state index contributed by atoms with van der Waals surface area (Å²) in [4.78, 5) is 12.3. The predicted molar refractivity (Wildman–Crippen MR) is 165 cm³/mol. The average molecular weight is 554 g/mol. The number of unbranched alkanes of at least 4 members (excludes halogenated alkanes) is 2. The third-order valence-electron chi connectivity index (χ3n) is 7.21. The van der Waals surface area contributed by atoms with E-state index in [1.165, 1.54) is 0 Å². The molecule has 0 bridgehead atoms. The summed E-state index contributed by atoms with van der Waals surface area (Å²) in [6.45, 7) is 6.39. The molecule has 0 saturated carbocycles. The van der Waals surface area contributed by atoms with Crippen molar-refractivity contribution in [2.45, 2.75) is 39.5 Å². The number of carboxylic acid groups (broad SMARTS) is 1. The summed E-state index contributed by atoms with van der Waals surface area (Å²) in [5.41, 5.74) is 4.89. The molecule has 3 aromatic carbocycles. The number of hydrogen-bond donors (Lipinski definition) is 2. The lowest BCUT2D eigenvalue weighted by molar-refractivity contribution is 0.0697. The maximum absolute atomic E-state index is 12.3. The lowest BCUT2D eigenvalue weighted by atomic mass is 9.90. The van der Waals surface area contributed by atoms with Crippen LogP contribution < -0.4 is 15.2 Å². The Labute approximate surface area is 239 Å². The minimum absolute atomic E-state index is 0.248. The molecule has 1 aliphatic carbocycles. The van der Waals surface area contributed by atoms with Crippen LogP contribution in [0, 0.1) is 0 Å². The van der Waals surface area contributed by atoms with Crippen molar-refractivity contribution in [1.29, 1.82) is 0 Å². The van der Waals surface area contributed by atoms with Crippen molar-refractivity contribution in [3.8, 4) is 22.5 Å². The first-order chi connectivity index (χ1) is 19.5. The molecule has 5 rings (SSSR count). The molecule has 3 aromatic rings. The molecule has 0 saturated heterocycles. The molecular formula is C34H34ClN2O3+. The maximum Gasteiger partial charge on any atom is 0.336 e. The van der Waals surface area contributed by atoms with E-state index < -0.39 is 5.97 Å². The molecule has 0 amide bonds. The number of anilines is 2. The highest BCUT2D eigenvalue weighted by Gasteiger charge is 2.22. The summed E-state index contributed by atoms with van der Waals surface area (Å²) in [7, 11) is 0. The van der Waals surface area contributed by atoms with Crippen LogP contribution in [0.2, 0.25) is 5.02 Å². The quantitative estimate of drug-likeness (QED) is 0.134. The van der Waals surface area contributed by atoms with Crippen molar-refractivity contribution in [3.05, 3.63) is 101 Å². The van der Waals surface area contributed by atoms with E-state index in [0.717, 1.165) is 77.8 Å². The third-order valence-corrected chi connectivity index (χ3v) is 7.54. The minimum atomic E-state index is -0.968. The van der Waals surface area contributed by atoms with Gasteiger partial charge in [-0.2, -0.15) is 0 Å². The van der Waals surface area contributed by atoms with E-state index in [-0.39, 0.29) is 5.56 Å². The Kier molecular flexibility index (Phi) is 8.51. The molecule has 204 valence electrons. The van der Waals surface area contributed by atoms with E-state index in [1.54, 1.807) is 12.1 Å². The van der Waals surface area contributed by atoms with Crippen molar-refractivity contribution < 1.29 is 14.3 Å². The van der Waals surface area contributed by atoms with E-state index in [0.29, 0.717) is 16.2 Å². The summed E-state index contributed by atoms with van der Waals surface area (Å²) in [5, 5.41) is 16.0. The summed E-state index contributed by atoms with van der Waals surface area (Å²) < 4.78 is 8.93. The van der Waals surface area contributed by atoms with Gasteiger partial charge < -0.3 is 14.8 Å². The summed E-state index contributed by atoms with van der Waals surface area (Å²) in [6.07, 6.45) is 4.50. The number of fused-ring (bicyclic) bond motifs is 2. The van der Waals surface area contributed by atoms with Crippen molar-refractivity contribution in [1.82, 2.24) is 4.58 Å². The second-order valence-corrected chi connectivity index (χ2v) is 10.4. The average Bonchev–Trinajstić information content (AvgIpc) is 2.97. The largest absolute Gasteiger partial charge is 0.478 e. The van der Waals surface area contributed by atoms with Gasteiger partial charge in [-0.3, -0.25) is 0 Å². The van der Waals surface area contributed by atoms with Gasteiger partial charge in [0.25, 0.3) is 0 Å². The molecule has 2 N–H and O–H groups in total. The summed E-state index contributed by atoms with van der Waals surface area (Å²) in [6, 6.07) is 26.9. The zero-order valence-corrected chi connectivity index (χ0v) is 23.7. The lowest BCUT2D eigenvalue weighted by Gasteiger charge is -2.18. The van der Waals surface area contributed by atoms with Crippen LogP contribution in [0.25, 0.3) is 33.4 Å². The fraction of sp³-hybridized carbons (Fsp3) is 0.235. The molecular weight excluding hydrogens is 520 g/mol. The standard InChI is InChI=1S/C34H33ClN2O3/c1-3-5-19-37(20-6-4-2)24-16-17-27-32(22-24)40-31-18-15-23(36-30-14-10-9-13-29(30)35)21-28(31)33(27)25-11-7-8-12-26(25)34(38)39/h7-18,21-22,36H,3-6,19-20H2,1-2H3/p+1. The molecule has 0 spiro atoms. The molecule has 0 fully saturated rings. The normalized spacial score (nSPS) is 11.2. The highest BCUT2D eigenvalue weighted by atomic mass is 35.5. The van der Waals surface area contributed by atoms with Crippen LogP contribution in [0.3, 0.4) is 0 Å². The Balaban J connectivity index is 1.77. The number of rotatable bonds is 10. The summed E-state index contributed by atoms with van der Waals surface area (Å²) in [5.74, 6) is -0.241. The second-order valence-electron chi connectivity index (χ2n) is 10.0. The van der Waals surface area contributed by atoms with Crippen molar-refractivity contribution in [2.24, 2.45) is 0 Å². The van der Waals surface area contributed by atoms with Crippen molar-refractivity contribution in [2.75, 3.05) is 18.4 Å². The Morgan fingerprint density at radius 2 is 1.60 bits per heavy atom. The van der Waals surface area contributed by atoms with E-state index >= 15 is 0 Å². The number of carboxylic acids is 1. The topological polar surface area (TPSA) is 65.5 Å². The minimum Gasteiger partial charge on any atom is -0.478 e. The number of carbonyl (C=O) groups is 1. The van der Waals surface area contributed by atoms with Gasteiger partial charge in [0.2, 0.25) is 5.36 Å². The van der Waals surface area contributed by atoms with Gasteiger partial charge in [0.1, 0.15) is 24.4 Å². The maximum atomic E-state index is 12.3. The van der Waals surface area contributed by atoms with Gasteiger partial charge in [0, 0.05) is 41.1 Å². The number of aromatic carboxylic acids is 1. The summed E-state index contributed by atoms with van der Waals surface area (Å²) >= 11 is 6.41. The molecule has 0 aromatic heterocycles. The predicted octanol–water partition coefficient (Wildman–Crippen LogP) is 8.67. The van der Waals surface area contributed by atoms with Crippen LogP contribution in [0.15, 0.2) is 89.3 Å². The third kappa shape index (κ3) is 5.75. The van der Waals surface area contributed by atoms with Crippen molar-refractivity contribution >= 4 is 39.9 Å². The van der Waals surface area contributed by atoms with Crippen LogP contribution in [-0.2, 0) is 0 Å². The monoisotopic (exact) mass is 553 g/mol. The molecule has 2 aliphatic rings. The van der Waals surface area contributed by atoms with E-state index in [4.69, 9.17) is 16.0 Å². The first-order valence-electron chi connectivity index (χ1n) is 13.9. The molecule has 40 heavy (non-hydrogen) atoms. The van der Waals surface area contributed by atoms with Gasteiger partial charge in [-0.05, 0) is 48.0 Å². The van der Waals surface area contributed by atoms with Crippen LogP contribution in [0.1, 0.15) is 49.9 Å². The molecule has 6 heteroatoms. The van der Waals surface area contributed by atoms with Crippen LogP contribution in [-0.4, -0.2) is 24.2 Å². The van der Waals surface area contributed by atoms with E-state index in [9.17, 15) is 9.90 Å². The van der Waals surface area contributed by atoms with Gasteiger partial charge in [-0.15, -0.1) is 0 Å². The molecule has 5 nitrogen and oxygen atoms in total. The zero-order chi connectivity index (χ0) is 28.1. The molecule has 1 heterocycles. The number of nitrogens with one attached hydrogen (secondary N) is 1. The number of nitrogens with zero attached hydrogens (tertiary/aromatic N) is 1. The first-order valence-corrected chi connectivity index (χ1v) is 14.3. The number of hydrogen-bond acceptors (Lipinski definition) is 3. The van der Waals surface area contributed by atoms with Crippen molar-refractivity contribution in [3.63, 3.8) is 0 Å². The highest BCUT2D eigenvalue weighted by molar-refractivity contribution is 6.33. The molecule has 0 atom stereocenters. The molecule has 0 unspecified atom stereocenters. The van der Waals surface area contributed by atoms with E-state index in [1.807, 2.05) is 54.6 Å². The molecule has 1 aliphatic heterocycles. The highest BCUT2D eigenvalue weighted by Crippen LogP contribution is 2.42. The van der Waals surface area contributed by atoms with E-state index in [2.05, 4.69) is 41.9 Å². The first kappa shape index (κ1) is 27.5. The Hall–Kier alpha value is -4.09. The second kappa shape index (κ2) is 12.4. The van der Waals surface area contributed by atoms with Crippen LogP contribution in [0.4, 0.5) is 11.4 Å². The number of para-hydroxylation sites is 1. The fourth-order valence-electron chi connectivity index (χ4n) is 5.12. The van der Waals surface area contributed by atoms with Gasteiger partial charge >= 0.3 is 5.97 Å². The zero-order valence-electron chi connectivity index (χ0n) is 22.9. The van der Waals surface area contributed by atoms with Gasteiger partial charge in [0.15, 0.2) is 0 Å².